The van der Waals surface area contributed by atoms with Gasteiger partial charge in [-0.1, -0.05) is 0 Å². The van der Waals surface area contributed by atoms with Crippen LogP contribution in [0.15, 0.2) is 0 Å². The summed E-state index contributed by atoms with van der Waals surface area (Å²) >= 11 is 16.0. The van der Waals surface area contributed by atoms with Crippen molar-refractivity contribution in [1.82, 2.24) is 0 Å². The molecule has 0 aliphatic heterocycles. The molecule has 0 saturated carbocycles. The molecule has 168 valence electrons. The number of ether oxygens (including phenoxy) is 4. The Morgan fingerprint density at radius 3 is 0.862 bits per heavy atom. The molecule has 0 aliphatic rings. The average Bonchev–Trinajstić information content (AvgIpc) is 2.64. The minimum absolute atomic E-state index is 0.354. The summed E-state index contributed by atoms with van der Waals surface area (Å²) in [5, 5.41) is -2.86. The van der Waals surface area contributed by atoms with E-state index in [2.05, 4.69) is 50.5 Å². The second-order valence-corrected chi connectivity index (χ2v) is 9.73. The van der Waals surface area contributed by atoms with Gasteiger partial charge in [0.25, 0.3) is 0 Å². The summed E-state index contributed by atoms with van der Waals surface area (Å²) in [7, 11) is 0. The quantitative estimate of drug-likeness (QED) is 0.186. The molecule has 0 N–H and O–H groups in total. The van der Waals surface area contributed by atoms with Crippen LogP contribution in [0.1, 0.15) is 27.7 Å². The van der Waals surface area contributed by atoms with Gasteiger partial charge >= 0.3 is 23.9 Å². The molecule has 0 aromatic heterocycles. The van der Waals surface area contributed by atoms with Crippen LogP contribution in [-0.2, 0) is 38.1 Å². The van der Waals surface area contributed by atoms with E-state index in [4.69, 9.17) is 18.9 Å². The van der Waals surface area contributed by atoms with Gasteiger partial charge in [0.1, 0.15) is 31.8 Å². The predicted molar refractivity (Wildman–Crippen MR) is 120 cm³/mol. The van der Waals surface area contributed by atoms with Crippen LogP contribution in [0.5, 0.6) is 0 Å². The highest BCUT2D eigenvalue weighted by molar-refractivity contribution is 7.82. The first-order chi connectivity index (χ1) is 13.3. The molecular weight excluding hydrogens is 460 g/mol. The Bertz CT molecular complexity index is 476. The zero-order valence-corrected chi connectivity index (χ0v) is 20.3. The molecule has 29 heavy (non-hydrogen) atoms. The second-order valence-electron chi connectivity index (χ2n) is 6.63. The lowest BCUT2D eigenvalue weighted by molar-refractivity contribution is -0.169. The molecule has 0 amide bonds. The third-order valence-electron chi connectivity index (χ3n) is 3.45. The van der Waals surface area contributed by atoms with E-state index in [-0.39, 0.29) is 26.4 Å². The first kappa shape index (κ1) is 28.3. The summed E-state index contributed by atoms with van der Waals surface area (Å²) in [4.78, 5) is 47.5. The van der Waals surface area contributed by atoms with Crippen molar-refractivity contribution in [3.8, 4) is 0 Å². The maximum absolute atomic E-state index is 11.9. The predicted octanol–water partition coefficient (Wildman–Crippen LogP) is 1.42. The van der Waals surface area contributed by atoms with Gasteiger partial charge in [0.05, 0.1) is 21.0 Å². The number of thiol groups is 4. The number of rotatable bonds is 12. The molecule has 0 heterocycles. The Hall–Kier alpha value is -0.720. The molecule has 0 radical (unpaired) electrons. The van der Waals surface area contributed by atoms with Crippen molar-refractivity contribution >= 4 is 74.4 Å². The highest BCUT2D eigenvalue weighted by Gasteiger charge is 2.39. The van der Waals surface area contributed by atoms with Gasteiger partial charge in [-0.3, -0.25) is 19.2 Å². The van der Waals surface area contributed by atoms with Crippen molar-refractivity contribution in [1.29, 1.82) is 0 Å². The maximum atomic E-state index is 11.9. The minimum Gasteiger partial charge on any atom is -0.464 e. The fraction of sp³-hybridized carbons (Fsp3) is 0.765. The Morgan fingerprint density at radius 2 is 0.724 bits per heavy atom. The highest BCUT2D eigenvalue weighted by atomic mass is 32.1. The zero-order valence-electron chi connectivity index (χ0n) is 16.7. The van der Waals surface area contributed by atoms with Crippen LogP contribution < -0.4 is 0 Å². The van der Waals surface area contributed by atoms with E-state index in [1.807, 2.05) is 0 Å². The standard InChI is InChI=1S/C17H28O8S4/c1-9(26)13(18)22-5-17(6-23-14(19)10(2)27,7-24-15(20)11(3)28)8-25-16(21)12(4)29/h9-12,26-29H,5-8H2,1-4H3/t9-,10-,11-,12-/m1/s1. The van der Waals surface area contributed by atoms with Crippen LogP contribution in [0.2, 0.25) is 0 Å². The van der Waals surface area contributed by atoms with Gasteiger partial charge < -0.3 is 18.9 Å². The molecule has 0 fully saturated rings. The minimum atomic E-state index is -1.34. The van der Waals surface area contributed by atoms with Gasteiger partial charge in [-0.05, 0) is 27.7 Å². The summed E-state index contributed by atoms with van der Waals surface area (Å²) in [6, 6.07) is 0. The lowest BCUT2D eigenvalue weighted by atomic mass is 9.92. The SMILES string of the molecule is C[C@@H](S)C(=O)OCC(COC(=O)[C@@H](C)S)(COC(=O)[C@@H](C)S)COC(=O)[C@@H](C)S. The van der Waals surface area contributed by atoms with Crippen molar-refractivity contribution in [2.45, 2.75) is 48.7 Å². The lowest BCUT2D eigenvalue weighted by Gasteiger charge is -2.32. The highest BCUT2D eigenvalue weighted by Crippen LogP contribution is 2.23. The Labute approximate surface area is 192 Å². The number of carbonyl (C=O) groups is 4. The van der Waals surface area contributed by atoms with Gasteiger partial charge in [0, 0.05) is 0 Å². The number of hydrogen-bond acceptors (Lipinski definition) is 12. The molecule has 0 saturated heterocycles. The second kappa shape index (κ2) is 13.6. The molecule has 0 bridgehead atoms. The topological polar surface area (TPSA) is 105 Å². The molecule has 0 unspecified atom stereocenters. The normalized spacial score (nSPS) is 15.4. The van der Waals surface area contributed by atoms with E-state index in [9.17, 15) is 19.2 Å². The van der Waals surface area contributed by atoms with Gasteiger partial charge in [0.2, 0.25) is 0 Å². The first-order valence-electron chi connectivity index (χ1n) is 8.70. The van der Waals surface area contributed by atoms with Crippen LogP contribution in [0, 0.1) is 5.41 Å². The number of esters is 4. The van der Waals surface area contributed by atoms with Crippen LogP contribution >= 0.6 is 50.5 Å². The molecule has 0 aliphatic carbocycles. The fourth-order valence-electron chi connectivity index (χ4n) is 1.63. The monoisotopic (exact) mass is 488 g/mol. The Morgan fingerprint density at radius 1 is 0.552 bits per heavy atom. The van der Waals surface area contributed by atoms with E-state index in [1.165, 1.54) is 27.7 Å². The molecule has 8 nitrogen and oxygen atoms in total. The first-order valence-corrected chi connectivity index (χ1v) is 10.8. The van der Waals surface area contributed by atoms with E-state index in [0.29, 0.717) is 0 Å². The van der Waals surface area contributed by atoms with E-state index in [1.54, 1.807) is 0 Å². The third-order valence-corrected chi connectivity index (χ3v) is 4.29. The summed E-state index contributed by atoms with van der Waals surface area (Å²) in [6.07, 6.45) is 0. The molecule has 0 aromatic rings. The molecule has 12 heteroatoms. The van der Waals surface area contributed by atoms with Crippen LogP contribution in [0.25, 0.3) is 0 Å². The molecule has 0 aromatic carbocycles. The summed E-state index contributed by atoms with van der Waals surface area (Å²) in [6.45, 7) is 4.64. The zero-order chi connectivity index (χ0) is 22.8. The molecule has 0 spiro atoms. The van der Waals surface area contributed by atoms with Crippen molar-refractivity contribution in [3.05, 3.63) is 0 Å². The Kier molecular flexibility index (Phi) is 13.2. The number of carbonyl (C=O) groups excluding carboxylic acids is 4. The van der Waals surface area contributed by atoms with Gasteiger partial charge in [-0.15, -0.1) is 0 Å². The van der Waals surface area contributed by atoms with Crippen molar-refractivity contribution in [2.75, 3.05) is 26.4 Å². The molecule has 0 rings (SSSR count). The van der Waals surface area contributed by atoms with Crippen molar-refractivity contribution in [2.24, 2.45) is 5.41 Å². The number of hydrogen-bond donors (Lipinski definition) is 4. The molecule has 4 atom stereocenters. The van der Waals surface area contributed by atoms with E-state index < -0.39 is 50.3 Å². The summed E-state index contributed by atoms with van der Waals surface area (Å²) in [5.41, 5.74) is -1.34. The molecular formula is C17H28O8S4. The lowest BCUT2D eigenvalue weighted by Crippen LogP contribution is -2.45. The largest absolute Gasteiger partial charge is 0.464 e. The van der Waals surface area contributed by atoms with Gasteiger partial charge in [-0.2, -0.15) is 50.5 Å². The average molecular weight is 489 g/mol. The van der Waals surface area contributed by atoms with E-state index in [0.717, 1.165) is 0 Å². The van der Waals surface area contributed by atoms with Gasteiger partial charge in [-0.25, -0.2) is 0 Å². The van der Waals surface area contributed by atoms with Crippen LogP contribution in [-0.4, -0.2) is 71.3 Å². The van der Waals surface area contributed by atoms with E-state index >= 15 is 0 Å². The smallest absolute Gasteiger partial charge is 0.318 e. The Balaban J connectivity index is 5.58. The van der Waals surface area contributed by atoms with Crippen molar-refractivity contribution < 1.29 is 38.1 Å². The van der Waals surface area contributed by atoms with Crippen LogP contribution in [0.3, 0.4) is 0 Å². The maximum Gasteiger partial charge on any atom is 0.318 e. The summed E-state index contributed by atoms with van der Waals surface area (Å²) in [5.74, 6) is -2.58. The fourth-order valence-corrected chi connectivity index (χ4v) is 1.93. The van der Waals surface area contributed by atoms with Crippen LogP contribution in [0.4, 0.5) is 0 Å². The van der Waals surface area contributed by atoms with Crippen molar-refractivity contribution in [3.63, 3.8) is 0 Å². The third kappa shape index (κ3) is 11.3. The summed E-state index contributed by atoms with van der Waals surface area (Å²) < 4.78 is 20.8. The van der Waals surface area contributed by atoms with Gasteiger partial charge in [0.15, 0.2) is 0 Å².